The van der Waals surface area contributed by atoms with E-state index in [4.69, 9.17) is 31.0 Å². The lowest BCUT2D eigenvalue weighted by molar-refractivity contribution is 0.229. The molecule has 3 aromatic heterocycles. The summed E-state index contributed by atoms with van der Waals surface area (Å²) in [5.41, 5.74) is 5.27. The molecule has 1 N–H and O–H groups in total. The van der Waals surface area contributed by atoms with Gasteiger partial charge in [0.1, 0.15) is 11.5 Å². The van der Waals surface area contributed by atoms with E-state index in [1.807, 2.05) is 47.4 Å². The summed E-state index contributed by atoms with van der Waals surface area (Å²) < 4.78 is 13.9. The highest BCUT2D eigenvalue weighted by Crippen LogP contribution is 2.36. The third-order valence-electron chi connectivity index (χ3n) is 7.21. The summed E-state index contributed by atoms with van der Waals surface area (Å²) in [4.78, 5) is 15.5. The Hall–Kier alpha value is -3.70. The fourth-order valence-corrected chi connectivity index (χ4v) is 6.05. The minimum absolute atomic E-state index is 0.617. The summed E-state index contributed by atoms with van der Waals surface area (Å²) in [5.74, 6) is 1.43. The summed E-state index contributed by atoms with van der Waals surface area (Å²) in [5, 5.41) is 7.99. The lowest BCUT2D eigenvalue weighted by Gasteiger charge is -2.26. The highest BCUT2D eigenvalue weighted by molar-refractivity contribution is 7.16. The number of halogens is 1. The Morgan fingerprint density at radius 2 is 1.73 bits per heavy atom. The van der Waals surface area contributed by atoms with Crippen LogP contribution in [0.1, 0.15) is 4.88 Å². The van der Waals surface area contributed by atoms with Gasteiger partial charge in [0, 0.05) is 78.9 Å². The molecule has 0 bridgehead atoms. The van der Waals surface area contributed by atoms with Gasteiger partial charge >= 0.3 is 0 Å². The van der Waals surface area contributed by atoms with E-state index in [0.29, 0.717) is 18.0 Å². The third-order valence-corrected chi connectivity index (χ3v) is 8.43. The number of ether oxygens (including phenoxy) is 2. The monoisotopic (exact) mass is 589 g/mol. The molecule has 1 aliphatic rings. The number of aromatic nitrogens is 4. The molecule has 0 spiro atoms. The van der Waals surface area contributed by atoms with Gasteiger partial charge in [-0.2, -0.15) is 5.10 Å². The van der Waals surface area contributed by atoms with Crippen molar-refractivity contribution >= 4 is 45.3 Å². The maximum Gasteiger partial charge on any atom is 0.124 e. The van der Waals surface area contributed by atoms with Crippen LogP contribution in [0.25, 0.3) is 22.3 Å². The zero-order chi connectivity index (χ0) is 28.2. The molecule has 0 radical (unpaired) electrons. The minimum atomic E-state index is 0.617. The fourth-order valence-electron chi connectivity index (χ4n) is 4.98. The standard InChI is InChI=1S/C30H32ClN7O2S/c1-39-24-13-23(14-25(16-24)40-2)38(20-26-4-6-30(31)41-26)22-3-5-27-28(15-22)35-29(18-33-27)21-17-34-37(19-21)12-11-36-9-7-32-8-10-36/h3-6,13-19,32H,7-12,20H2,1-2H3. The lowest BCUT2D eigenvalue weighted by Crippen LogP contribution is -2.44. The molecular weight excluding hydrogens is 558 g/mol. The van der Waals surface area contributed by atoms with Crippen molar-refractivity contribution in [1.29, 1.82) is 0 Å². The van der Waals surface area contributed by atoms with Gasteiger partial charge in [-0.1, -0.05) is 11.6 Å². The summed E-state index contributed by atoms with van der Waals surface area (Å²) in [6.07, 6.45) is 5.74. The van der Waals surface area contributed by atoms with Crippen molar-refractivity contribution in [2.45, 2.75) is 13.1 Å². The van der Waals surface area contributed by atoms with Gasteiger partial charge in [0.05, 0.1) is 60.8 Å². The number of nitrogens with one attached hydrogen (secondary N) is 1. The number of piperazine rings is 1. The molecular formula is C30H32ClN7O2S. The average Bonchev–Trinajstić information content (AvgIpc) is 3.67. The zero-order valence-electron chi connectivity index (χ0n) is 23.1. The quantitative estimate of drug-likeness (QED) is 0.230. The van der Waals surface area contributed by atoms with E-state index in [1.165, 1.54) is 0 Å². The molecule has 1 fully saturated rings. The molecule has 4 heterocycles. The molecule has 6 rings (SSSR count). The smallest absolute Gasteiger partial charge is 0.124 e. The Morgan fingerprint density at radius 3 is 2.46 bits per heavy atom. The highest BCUT2D eigenvalue weighted by atomic mass is 35.5. The Labute approximate surface area is 248 Å². The number of nitrogens with zero attached hydrogens (tertiary/aromatic N) is 6. The highest BCUT2D eigenvalue weighted by Gasteiger charge is 2.17. The van der Waals surface area contributed by atoms with E-state index in [-0.39, 0.29) is 0 Å². The lowest BCUT2D eigenvalue weighted by atomic mass is 10.2. The van der Waals surface area contributed by atoms with Crippen LogP contribution < -0.4 is 19.7 Å². The second-order valence-electron chi connectivity index (χ2n) is 9.87. The first-order valence-corrected chi connectivity index (χ1v) is 14.7. The van der Waals surface area contributed by atoms with Crippen LogP contribution in [-0.2, 0) is 13.1 Å². The summed E-state index contributed by atoms with van der Waals surface area (Å²) in [6.45, 7) is 6.68. The molecule has 0 aliphatic carbocycles. The first-order valence-electron chi connectivity index (χ1n) is 13.6. The van der Waals surface area contributed by atoms with Crippen molar-refractivity contribution in [3.8, 4) is 22.8 Å². The SMILES string of the molecule is COc1cc(OC)cc(N(Cc2ccc(Cl)s2)c2ccc3ncc(-c4cnn(CCN5CCNCC5)c4)nc3c2)c1. The number of hydrogen-bond acceptors (Lipinski definition) is 9. The Bertz CT molecular complexity index is 1610. The number of rotatable bonds is 10. The van der Waals surface area contributed by atoms with E-state index in [9.17, 15) is 0 Å². The van der Waals surface area contributed by atoms with Crippen LogP contribution in [-0.4, -0.2) is 71.6 Å². The number of anilines is 2. The van der Waals surface area contributed by atoms with Crippen LogP contribution in [0.2, 0.25) is 4.34 Å². The van der Waals surface area contributed by atoms with Crippen LogP contribution in [0.15, 0.2) is 67.1 Å². The van der Waals surface area contributed by atoms with E-state index in [0.717, 1.165) is 82.1 Å². The van der Waals surface area contributed by atoms with Gasteiger partial charge in [0.25, 0.3) is 0 Å². The molecule has 0 saturated carbocycles. The number of methoxy groups -OCH3 is 2. The van der Waals surface area contributed by atoms with E-state index in [1.54, 1.807) is 25.6 Å². The molecule has 0 atom stereocenters. The number of fused-ring (bicyclic) bond motifs is 1. The minimum Gasteiger partial charge on any atom is -0.497 e. The van der Waals surface area contributed by atoms with Crippen molar-refractivity contribution in [2.24, 2.45) is 0 Å². The molecule has 5 aromatic rings. The van der Waals surface area contributed by atoms with Gasteiger partial charge in [-0.25, -0.2) is 4.98 Å². The first-order chi connectivity index (χ1) is 20.1. The molecule has 1 saturated heterocycles. The van der Waals surface area contributed by atoms with E-state index >= 15 is 0 Å². The molecule has 9 nitrogen and oxygen atoms in total. The molecule has 212 valence electrons. The maximum atomic E-state index is 6.28. The van der Waals surface area contributed by atoms with Gasteiger partial charge in [-0.15, -0.1) is 11.3 Å². The molecule has 41 heavy (non-hydrogen) atoms. The van der Waals surface area contributed by atoms with Crippen LogP contribution in [0, 0.1) is 0 Å². The van der Waals surface area contributed by atoms with Crippen molar-refractivity contribution < 1.29 is 9.47 Å². The summed E-state index contributed by atoms with van der Waals surface area (Å²) >= 11 is 7.84. The molecule has 0 unspecified atom stereocenters. The van der Waals surface area contributed by atoms with Crippen LogP contribution >= 0.6 is 22.9 Å². The Balaban J connectivity index is 1.31. The predicted molar refractivity (Wildman–Crippen MR) is 165 cm³/mol. The van der Waals surface area contributed by atoms with Gasteiger partial charge in [-0.05, 0) is 30.3 Å². The number of benzene rings is 2. The normalized spacial score (nSPS) is 13.9. The Morgan fingerprint density at radius 1 is 0.927 bits per heavy atom. The number of hydrogen-bond donors (Lipinski definition) is 1. The van der Waals surface area contributed by atoms with Gasteiger partial charge in [-0.3, -0.25) is 14.6 Å². The van der Waals surface area contributed by atoms with Gasteiger partial charge < -0.3 is 19.7 Å². The second-order valence-corrected chi connectivity index (χ2v) is 11.7. The summed E-state index contributed by atoms with van der Waals surface area (Å²) in [6, 6.07) is 16.0. The van der Waals surface area contributed by atoms with Crippen molar-refractivity contribution in [3.05, 3.63) is 76.3 Å². The maximum absolute atomic E-state index is 6.28. The molecule has 2 aromatic carbocycles. The van der Waals surface area contributed by atoms with Crippen molar-refractivity contribution in [3.63, 3.8) is 0 Å². The summed E-state index contributed by atoms with van der Waals surface area (Å²) in [7, 11) is 3.31. The van der Waals surface area contributed by atoms with Crippen LogP contribution in [0.3, 0.4) is 0 Å². The van der Waals surface area contributed by atoms with Gasteiger partial charge in [0.15, 0.2) is 0 Å². The largest absolute Gasteiger partial charge is 0.497 e. The topological polar surface area (TPSA) is 80.6 Å². The van der Waals surface area contributed by atoms with Crippen LogP contribution in [0.5, 0.6) is 11.5 Å². The third kappa shape index (κ3) is 6.46. The molecule has 11 heteroatoms. The molecule has 0 amide bonds. The zero-order valence-corrected chi connectivity index (χ0v) is 24.7. The van der Waals surface area contributed by atoms with Crippen molar-refractivity contribution in [1.82, 2.24) is 30.0 Å². The predicted octanol–water partition coefficient (Wildman–Crippen LogP) is 5.47. The van der Waals surface area contributed by atoms with E-state index < -0.39 is 0 Å². The van der Waals surface area contributed by atoms with E-state index in [2.05, 4.69) is 44.6 Å². The molecule has 1 aliphatic heterocycles. The fraction of sp³-hybridized carbons (Fsp3) is 0.300. The first kappa shape index (κ1) is 27.5. The van der Waals surface area contributed by atoms with Gasteiger partial charge in [0.2, 0.25) is 0 Å². The van der Waals surface area contributed by atoms with Crippen LogP contribution in [0.4, 0.5) is 11.4 Å². The van der Waals surface area contributed by atoms with Crippen molar-refractivity contribution in [2.75, 3.05) is 51.8 Å². The Kier molecular flexibility index (Phi) is 8.33. The second kappa shape index (κ2) is 12.4. The number of thiophene rings is 1. The average molecular weight is 590 g/mol.